The first-order valence-electron chi connectivity index (χ1n) is 8.07. The Morgan fingerprint density at radius 1 is 1.27 bits per heavy atom. The fourth-order valence-corrected chi connectivity index (χ4v) is 3.93. The molecule has 2 saturated heterocycles. The Morgan fingerprint density at radius 3 is 2.64 bits per heavy atom. The number of carbonyl (C=O) groups excluding carboxylic acids is 1. The third-order valence-electron chi connectivity index (χ3n) is 4.28. The first-order valence-corrected chi connectivity index (χ1v) is 9.22. The van der Waals surface area contributed by atoms with Gasteiger partial charge in [0.2, 0.25) is 0 Å². The number of nitrogens with zero attached hydrogens (tertiary/aromatic N) is 1. The molecule has 0 aromatic heterocycles. The van der Waals surface area contributed by atoms with Crippen LogP contribution >= 0.6 is 11.8 Å². The molecule has 0 spiro atoms. The number of hydrogen-bond donors (Lipinski definition) is 1. The number of rotatable bonds is 5. The number of thioether (sulfide) groups is 1. The van der Waals surface area contributed by atoms with Gasteiger partial charge in [-0.15, -0.1) is 0 Å². The van der Waals surface area contributed by atoms with Crippen molar-refractivity contribution in [2.75, 3.05) is 36.5 Å². The normalized spacial score (nSPS) is 26.0. The van der Waals surface area contributed by atoms with E-state index in [1.54, 1.807) is 0 Å². The molecule has 2 atom stereocenters. The highest BCUT2D eigenvalue weighted by Gasteiger charge is 2.31. The van der Waals surface area contributed by atoms with E-state index in [4.69, 9.17) is 4.74 Å². The second kappa shape index (κ2) is 7.38. The van der Waals surface area contributed by atoms with E-state index in [2.05, 4.69) is 34.5 Å². The van der Waals surface area contributed by atoms with E-state index in [1.807, 2.05) is 18.7 Å². The van der Waals surface area contributed by atoms with Gasteiger partial charge in [-0.1, -0.05) is 12.1 Å². The fraction of sp³-hybridized carbons (Fsp3) is 0.588. The number of anilines is 1. The van der Waals surface area contributed by atoms with Crippen molar-refractivity contribution in [3.05, 3.63) is 29.8 Å². The van der Waals surface area contributed by atoms with Crippen molar-refractivity contribution >= 4 is 23.4 Å². The molecule has 1 N–H and O–H groups in total. The number of ether oxygens (including phenoxy) is 1. The van der Waals surface area contributed by atoms with Gasteiger partial charge in [0.05, 0.1) is 0 Å². The van der Waals surface area contributed by atoms with Crippen LogP contribution in [0.15, 0.2) is 24.3 Å². The minimum absolute atomic E-state index is 0.0204. The number of esters is 1. The summed E-state index contributed by atoms with van der Waals surface area (Å²) >= 11 is 2.05. The summed E-state index contributed by atoms with van der Waals surface area (Å²) in [6.07, 6.45) is 1.85. The smallest absolute Gasteiger partial charge is 0.328 e. The largest absolute Gasteiger partial charge is 0.461 e. The molecule has 0 aliphatic carbocycles. The van der Waals surface area contributed by atoms with Crippen LogP contribution in [0.4, 0.5) is 5.69 Å². The molecule has 1 aromatic carbocycles. The van der Waals surface area contributed by atoms with Crippen LogP contribution in [0.25, 0.3) is 0 Å². The summed E-state index contributed by atoms with van der Waals surface area (Å²) in [4.78, 5) is 14.2. The van der Waals surface area contributed by atoms with Crippen LogP contribution in [-0.2, 0) is 16.0 Å². The molecule has 2 heterocycles. The van der Waals surface area contributed by atoms with Gasteiger partial charge in [0.25, 0.3) is 0 Å². The van der Waals surface area contributed by atoms with Gasteiger partial charge in [-0.2, -0.15) is 11.8 Å². The van der Waals surface area contributed by atoms with E-state index in [1.165, 1.54) is 30.2 Å². The lowest BCUT2D eigenvalue weighted by Crippen LogP contribution is -2.34. The standard InChI is InChI=1S/C17H24N2O2S/c1-13-12-16(17(20)21-13)18-15-4-2-14(3-5-15)6-7-19-8-10-22-11-9-19/h2-5,13,16,18H,6-12H2,1H3/t13-,16-/m0/s1. The van der Waals surface area contributed by atoms with Crippen LogP contribution in [0, 0.1) is 0 Å². The molecule has 3 rings (SSSR count). The monoisotopic (exact) mass is 320 g/mol. The third-order valence-corrected chi connectivity index (χ3v) is 5.23. The minimum Gasteiger partial charge on any atom is -0.461 e. The van der Waals surface area contributed by atoms with E-state index in [-0.39, 0.29) is 18.1 Å². The second-order valence-electron chi connectivity index (χ2n) is 6.08. The van der Waals surface area contributed by atoms with Crippen molar-refractivity contribution in [1.29, 1.82) is 0 Å². The van der Waals surface area contributed by atoms with Crippen molar-refractivity contribution < 1.29 is 9.53 Å². The summed E-state index contributed by atoms with van der Waals surface area (Å²) in [6.45, 7) is 5.50. The lowest BCUT2D eigenvalue weighted by Gasteiger charge is -2.26. The van der Waals surface area contributed by atoms with Crippen LogP contribution < -0.4 is 5.32 Å². The van der Waals surface area contributed by atoms with E-state index in [9.17, 15) is 4.79 Å². The zero-order chi connectivity index (χ0) is 15.4. The van der Waals surface area contributed by atoms with E-state index in [0.717, 1.165) is 25.1 Å². The summed E-state index contributed by atoms with van der Waals surface area (Å²) in [5, 5.41) is 3.27. The maximum atomic E-state index is 11.6. The van der Waals surface area contributed by atoms with Crippen LogP contribution in [-0.4, -0.2) is 54.2 Å². The quantitative estimate of drug-likeness (QED) is 0.844. The summed E-state index contributed by atoms with van der Waals surface area (Å²) in [5.74, 6) is 2.39. The first-order chi connectivity index (χ1) is 10.7. The molecule has 4 nitrogen and oxygen atoms in total. The maximum absolute atomic E-state index is 11.6. The Hall–Kier alpha value is -1.20. The SMILES string of the molecule is C[C@H]1C[C@H](Nc2ccc(CCN3CCSCC3)cc2)C(=O)O1. The molecule has 0 unspecified atom stereocenters. The predicted octanol–water partition coefficient (Wildman–Crippen LogP) is 2.39. The van der Waals surface area contributed by atoms with Crippen LogP contribution in [0.3, 0.4) is 0 Å². The number of hydrogen-bond acceptors (Lipinski definition) is 5. The molecule has 22 heavy (non-hydrogen) atoms. The Labute approximate surface area is 136 Å². The van der Waals surface area contributed by atoms with Crippen molar-refractivity contribution in [3.63, 3.8) is 0 Å². The van der Waals surface area contributed by atoms with Crippen LogP contribution in [0.5, 0.6) is 0 Å². The molecule has 0 bridgehead atoms. The van der Waals surface area contributed by atoms with Gasteiger partial charge in [-0.05, 0) is 31.0 Å². The lowest BCUT2D eigenvalue weighted by molar-refractivity contribution is -0.141. The van der Waals surface area contributed by atoms with Gasteiger partial charge in [0.1, 0.15) is 12.1 Å². The molecule has 0 amide bonds. The highest BCUT2D eigenvalue weighted by molar-refractivity contribution is 7.99. The zero-order valence-corrected chi connectivity index (χ0v) is 13.9. The van der Waals surface area contributed by atoms with Gasteiger partial charge in [0, 0.05) is 43.2 Å². The minimum atomic E-state index is -0.202. The Balaban J connectivity index is 1.48. The van der Waals surface area contributed by atoms with E-state index < -0.39 is 0 Å². The molecule has 2 fully saturated rings. The van der Waals surface area contributed by atoms with Crippen molar-refractivity contribution in [3.8, 4) is 0 Å². The molecule has 5 heteroatoms. The van der Waals surface area contributed by atoms with E-state index in [0.29, 0.717) is 0 Å². The zero-order valence-electron chi connectivity index (χ0n) is 13.1. The third kappa shape index (κ3) is 4.17. The molecular formula is C17H24N2O2S. The predicted molar refractivity (Wildman–Crippen MR) is 91.5 cm³/mol. The molecule has 1 aromatic rings. The fourth-order valence-electron chi connectivity index (χ4n) is 2.96. The molecule has 0 saturated carbocycles. The van der Waals surface area contributed by atoms with Crippen molar-refractivity contribution in [1.82, 2.24) is 4.90 Å². The lowest BCUT2D eigenvalue weighted by atomic mass is 10.1. The highest BCUT2D eigenvalue weighted by Crippen LogP contribution is 2.20. The van der Waals surface area contributed by atoms with E-state index >= 15 is 0 Å². The topological polar surface area (TPSA) is 41.6 Å². The van der Waals surface area contributed by atoms with Crippen LogP contribution in [0.2, 0.25) is 0 Å². The summed E-state index contributed by atoms with van der Waals surface area (Å²) in [6, 6.07) is 8.25. The molecule has 120 valence electrons. The number of benzene rings is 1. The van der Waals surface area contributed by atoms with Gasteiger partial charge in [0.15, 0.2) is 0 Å². The molecule has 2 aliphatic rings. The average Bonchev–Trinajstić information content (AvgIpc) is 2.85. The number of carbonyl (C=O) groups is 1. The molecular weight excluding hydrogens is 296 g/mol. The first kappa shape index (κ1) is 15.7. The van der Waals surface area contributed by atoms with Gasteiger partial charge >= 0.3 is 5.97 Å². The molecule has 0 radical (unpaired) electrons. The van der Waals surface area contributed by atoms with Gasteiger partial charge < -0.3 is 15.0 Å². The number of cyclic esters (lactones) is 1. The second-order valence-corrected chi connectivity index (χ2v) is 7.31. The summed E-state index contributed by atoms with van der Waals surface area (Å²) < 4.78 is 5.17. The Morgan fingerprint density at radius 2 is 2.00 bits per heavy atom. The van der Waals surface area contributed by atoms with Gasteiger partial charge in [-0.3, -0.25) is 0 Å². The van der Waals surface area contributed by atoms with Gasteiger partial charge in [-0.25, -0.2) is 4.79 Å². The summed E-state index contributed by atoms with van der Waals surface area (Å²) in [7, 11) is 0. The Bertz CT molecular complexity index is 500. The van der Waals surface area contributed by atoms with Crippen LogP contribution in [0.1, 0.15) is 18.9 Å². The maximum Gasteiger partial charge on any atom is 0.328 e. The van der Waals surface area contributed by atoms with Crippen molar-refractivity contribution in [2.45, 2.75) is 31.9 Å². The van der Waals surface area contributed by atoms with Crippen molar-refractivity contribution in [2.24, 2.45) is 0 Å². The Kier molecular flexibility index (Phi) is 5.26. The summed E-state index contributed by atoms with van der Waals surface area (Å²) in [5.41, 5.74) is 2.35. The molecule has 2 aliphatic heterocycles. The highest BCUT2D eigenvalue weighted by atomic mass is 32.2. The number of nitrogens with one attached hydrogen (secondary N) is 1. The average molecular weight is 320 g/mol.